The minimum absolute atomic E-state index is 0.0805. The van der Waals surface area contributed by atoms with Gasteiger partial charge in [0.15, 0.2) is 0 Å². The molecule has 1 saturated heterocycles. The van der Waals surface area contributed by atoms with Gasteiger partial charge in [0, 0.05) is 56.3 Å². The number of nitrogens with zero attached hydrogens (tertiary/aromatic N) is 3. The Bertz CT molecular complexity index is 1560. The highest BCUT2D eigenvalue weighted by Gasteiger charge is 2.38. The molecule has 3 aromatic carbocycles. The number of allylic oxidation sites excluding steroid dienone is 1. The zero-order chi connectivity index (χ0) is 32.1. The Balaban J connectivity index is 1.31. The first-order chi connectivity index (χ1) is 21.5. The monoisotopic (exact) mass is 619 g/mol. The van der Waals surface area contributed by atoms with Crippen LogP contribution in [0.2, 0.25) is 0 Å². The Hall–Kier alpha value is -4.44. The van der Waals surface area contributed by atoms with Gasteiger partial charge in [-0.3, -0.25) is 14.5 Å². The maximum atomic E-state index is 13.5. The molecule has 0 N–H and O–H groups in total. The molecule has 0 bridgehead atoms. The molecule has 2 aliphatic rings. The van der Waals surface area contributed by atoms with Crippen molar-refractivity contribution in [1.82, 2.24) is 14.7 Å². The van der Waals surface area contributed by atoms with Crippen LogP contribution >= 0.6 is 0 Å². The summed E-state index contributed by atoms with van der Waals surface area (Å²) in [4.78, 5) is 45.6. The lowest BCUT2D eigenvalue weighted by atomic mass is 9.83. The van der Waals surface area contributed by atoms with E-state index in [2.05, 4.69) is 17.0 Å². The van der Waals surface area contributed by atoms with Gasteiger partial charge in [-0.25, -0.2) is 4.79 Å². The third kappa shape index (κ3) is 7.45. The fourth-order valence-corrected chi connectivity index (χ4v) is 5.98. The normalized spacial score (nSPS) is 17.9. The second-order valence-electron chi connectivity index (χ2n) is 11.3. The van der Waals surface area contributed by atoms with Crippen molar-refractivity contribution in [2.45, 2.75) is 45.5 Å². The molecule has 1 atom stereocenters. The lowest BCUT2D eigenvalue weighted by Crippen LogP contribution is -2.48. The fourth-order valence-electron chi connectivity index (χ4n) is 5.98. The second kappa shape index (κ2) is 13.7. The molecule has 10 heteroatoms. The number of ether oxygens (including phenoxy) is 1. The van der Waals surface area contributed by atoms with E-state index in [1.54, 1.807) is 32.0 Å². The van der Waals surface area contributed by atoms with Crippen molar-refractivity contribution in [3.8, 4) is 0 Å². The minimum atomic E-state index is -4.50. The number of piperazine rings is 1. The standard InChI is InChI=1S/C35H36F3N3O4/c1-3-45-34(44)32-24(2)41(31(42)21-30(32)27-12-14-29(15-13-27)35(36,37)38)23-26-10-7-11-28(20-26)33(43)40-18-16-39(17-19-40)22-25-8-5-4-6-9-25/h4-15,20,30H,3,16-19,21-23H2,1-2H3. The van der Waals surface area contributed by atoms with E-state index in [4.69, 9.17) is 4.74 Å². The van der Waals surface area contributed by atoms with E-state index in [0.717, 1.165) is 31.8 Å². The summed E-state index contributed by atoms with van der Waals surface area (Å²) in [5, 5.41) is 0. The fraction of sp³-hybridized carbons (Fsp3) is 0.343. The molecule has 5 rings (SSSR count). The van der Waals surface area contributed by atoms with Gasteiger partial charge >= 0.3 is 12.1 Å². The summed E-state index contributed by atoms with van der Waals surface area (Å²) in [6, 6.07) is 21.9. The zero-order valence-electron chi connectivity index (χ0n) is 25.3. The van der Waals surface area contributed by atoms with Gasteiger partial charge in [-0.05, 0) is 54.8 Å². The average molecular weight is 620 g/mol. The first kappa shape index (κ1) is 32.0. The number of hydrogen-bond donors (Lipinski definition) is 0. The summed E-state index contributed by atoms with van der Waals surface area (Å²) >= 11 is 0. The van der Waals surface area contributed by atoms with Crippen LogP contribution in [0.3, 0.4) is 0 Å². The van der Waals surface area contributed by atoms with Crippen LogP contribution in [0.25, 0.3) is 0 Å². The van der Waals surface area contributed by atoms with Crippen molar-refractivity contribution in [2.24, 2.45) is 0 Å². The lowest BCUT2D eigenvalue weighted by molar-refractivity contribution is -0.140. The number of carbonyl (C=O) groups excluding carboxylic acids is 3. The summed E-state index contributed by atoms with van der Waals surface area (Å²) in [6.45, 7) is 7.12. The van der Waals surface area contributed by atoms with Crippen molar-refractivity contribution in [2.75, 3.05) is 32.8 Å². The molecule has 0 radical (unpaired) electrons. The summed E-state index contributed by atoms with van der Waals surface area (Å²) in [6.07, 6.45) is -4.61. The molecule has 3 aromatic rings. The molecule has 2 heterocycles. The number of amides is 2. The van der Waals surface area contributed by atoms with Gasteiger partial charge in [-0.2, -0.15) is 13.2 Å². The van der Waals surface area contributed by atoms with Crippen LogP contribution < -0.4 is 0 Å². The van der Waals surface area contributed by atoms with Crippen molar-refractivity contribution in [3.63, 3.8) is 0 Å². The number of rotatable bonds is 8. The zero-order valence-corrected chi connectivity index (χ0v) is 25.3. The van der Waals surface area contributed by atoms with E-state index in [1.165, 1.54) is 22.6 Å². The highest BCUT2D eigenvalue weighted by atomic mass is 19.4. The van der Waals surface area contributed by atoms with Crippen LogP contribution in [-0.4, -0.2) is 65.3 Å². The van der Waals surface area contributed by atoms with Crippen LogP contribution in [0.15, 0.2) is 90.1 Å². The predicted molar refractivity (Wildman–Crippen MR) is 163 cm³/mol. The molecule has 0 saturated carbocycles. The first-order valence-electron chi connectivity index (χ1n) is 15.0. The number of esters is 1. The van der Waals surface area contributed by atoms with Gasteiger partial charge in [-0.15, -0.1) is 0 Å². The molecule has 2 aliphatic heterocycles. The molecular formula is C35H36F3N3O4. The van der Waals surface area contributed by atoms with Gasteiger partial charge < -0.3 is 14.5 Å². The largest absolute Gasteiger partial charge is 0.463 e. The molecule has 0 aromatic heterocycles. The Morgan fingerprint density at radius 1 is 0.867 bits per heavy atom. The quantitative estimate of drug-likeness (QED) is 0.289. The highest BCUT2D eigenvalue weighted by Crippen LogP contribution is 2.39. The van der Waals surface area contributed by atoms with Gasteiger partial charge in [0.25, 0.3) is 5.91 Å². The molecule has 0 aliphatic carbocycles. The Labute approximate surface area is 260 Å². The van der Waals surface area contributed by atoms with E-state index >= 15 is 0 Å². The number of alkyl halides is 3. The average Bonchev–Trinajstić information content (AvgIpc) is 3.03. The minimum Gasteiger partial charge on any atom is -0.463 e. The van der Waals surface area contributed by atoms with E-state index in [-0.39, 0.29) is 37.0 Å². The maximum Gasteiger partial charge on any atom is 0.416 e. The maximum absolute atomic E-state index is 13.5. The molecule has 1 unspecified atom stereocenters. The van der Waals surface area contributed by atoms with E-state index in [9.17, 15) is 27.6 Å². The molecular weight excluding hydrogens is 583 g/mol. The van der Waals surface area contributed by atoms with Crippen LogP contribution in [0, 0.1) is 0 Å². The molecule has 236 valence electrons. The lowest BCUT2D eigenvalue weighted by Gasteiger charge is -2.35. The second-order valence-corrected chi connectivity index (χ2v) is 11.3. The van der Waals surface area contributed by atoms with Crippen molar-refractivity contribution in [1.29, 1.82) is 0 Å². The van der Waals surface area contributed by atoms with Gasteiger partial charge in [-0.1, -0.05) is 54.6 Å². The summed E-state index contributed by atoms with van der Waals surface area (Å²) in [5.74, 6) is -1.73. The summed E-state index contributed by atoms with van der Waals surface area (Å²) in [7, 11) is 0. The molecule has 45 heavy (non-hydrogen) atoms. The van der Waals surface area contributed by atoms with E-state index in [1.807, 2.05) is 29.2 Å². The SMILES string of the molecule is CCOC(=O)C1=C(C)N(Cc2cccc(C(=O)N3CCN(Cc4ccccc4)CC3)c2)C(=O)CC1c1ccc(C(F)(F)F)cc1. The summed E-state index contributed by atoms with van der Waals surface area (Å²) in [5.41, 5.74) is 2.69. The Kier molecular flexibility index (Phi) is 9.72. The van der Waals surface area contributed by atoms with E-state index in [0.29, 0.717) is 35.5 Å². The number of carbonyl (C=O) groups is 3. The molecule has 0 spiro atoms. The Morgan fingerprint density at radius 3 is 2.18 bits per heavy atom. The molecule has 7 nitrogen and oxygen atoms in total. The topological polar surface area (TPSA) is 70.2 Å². The van der Waals surface area contributed by atoms with E-state index < -0.39 is 23.6 Å². The van der Waals surface area contributed by atoms with Gasteiger partial charge in [0.05, 0.1) is 24.3 Å². The number of benzene rings is 3. The highest BCUT2D eigenvalue weighted by molar-refractivity contribution is 5.96. The predicted octanol–water partition coefficient (Wildman–Crippen LogP) is 6.02. The summed E-state index contributed by atoms with van der Waals surface area (Å²) < 4.78 is 44.8. The van der Waals surface area contributed by atoms with Crippen molar-refractivity contribution in [3.05, 3.63) is 118 Å². The Morgan fingerprint density at radius 2 is 1.53 bits per heavy atom. The van der Waals surface area contributed by atoms with Crippen LogP contribution in [0.5, 0.6) is 0 Å². The third-order valence-corrected chi connectivity index (χ3v) is 8.38. The number of hydrogen-bond acceptors (Lipinski definition) is 5. The van der Waals surface area contributed by atoms with Crippen molar-refractivity contribution < 1.29 is 32.3 Å². The van der Waals surface area contributed by atoms with Crippen LogP contribution in [0.1, 0.15) is 58.8 Å². The van der Waals surface area contributed by atoms with Crippen molar-refractivity contribution >= 4 is 17.8 Å². The molecule has 1 fully saturated rings. The number of halogens is 3. The first-order valence-corrected chi connectivity index (χ1v) is 15.0. The molecule has 2 amide bonds. The van der Waals surface area contributed by atoms with Crippen LogP contribution in [0.4, 0.5) is 13.2 Å². The third-order valence-electron chi connectivity index (χ3n) is 8.38. The van der Waals surface area contributed by atoms with Gasteiger partial charge in [0.1, 0.15) is 0 Å². The smallest absolute Gasteiger partial charge is 0.416 e. The van der Waals surface area contributed by atoms with Crippen LogP contribution in [-0.2, 0) is 33.6 Å². The van der Waals surface area contributed by atoms with Gasteiger partial charge in [0.2, 0.25) is 5.91 Å².